The summed E-state index contributed by atoms with van der Waals surface area (Å²) in [5, 5.41) is 0.655. The summed E-state index contributed by atoms with van der Waals surface area (Å²) in [6.45, 7) is 3.62. The van der Waals surface area contributed by atoms with Gasteiger partial charge in [-0.1, -0.05) is 12.1 Å². The molecule has 1 N–H and O–H groups in total. The van der Waals surface area contributed by atoms with Crippen LogP contribution in [0.25, 0.3) is 10.9 Å². The normalized spacial score (nSPS) is 15.5. The molecule has 0 radical (unpaired) electrons. The fraction of sp³-hybridized carbons (Fsp3) is 0.350. The van der Waals surface area contributed by atoms with Crippen LogP contribution in [0.2, 0.25) is 0 Å². The lowest BCUT2D eigenvalue weighted by Gasteiger charge is -2.31. The maximum atomic E-state index is 12.8. The van der Waals surface area contributed by atoms with Gasteiger partial charge in [0.15, 0.2) is 5.43 Å². The van der Waals surface area contributed by atoms with Crippen molar-refractivity contribution in [1.29, 1.82) is 0 Å². The Kier molecular flexibility index (Phi) is 4.32. The van der Waals surface area contributed by atoms with E-state index in [1.165, 1.54) is 0 Å². The molecule has 1 aliphatic heterocycles. The molecular formula is C20H22N4O2. The van der Waals surface area contributed by atoms with E-state index in [4.69, 9.17) is 0 Å². The van der Waals surface area contributed by atoms with E-state index in [-0.39, 0.29) is 17.9 Å². The number of likely N-dealkylation sites (tertiary alicyclic amines) is 1. The highest BCUT2D eigenvalue weighted by Gasteiger charge is 2.25. The van der Waals surface area contributed by atoms with Crippen LogP contribution >= 0.6 is 0 Å². The maximum absolute atomic E-state index is 12.8. The summed E-state index contributed by atoms with van der Waals surface area (Å²) >= 11 is 0. The minimum absolute atomic E-state index is 0.000983. The van der Waals surface area contributed by atoms with Crippen molar-refractivity contribution >= 4 is 16.8 Å². The second-order valence-electron chi connectivity index (χ2n) is 6.88. The van der Waals surface area contributed by atoms with Gasteiger partial charge in [-0.05, 0) is 31.9 Å². The lowest BCUT2D eigenvalue weighted by molar-refractivity contribution is -0.132. The molecule has 134 valence electrons. The number of para-hydroxylation sites is 1. The molecular weight excluding hydrogens is 328 g/mol. The van der Waals surface area contributed by atoms with Crippen LogP contribution in [0.5, 0.6) is 0 Å². The van der Waals surface area contributed by atoms with E-state index in [2.05, 4.69) is 9.97 Å². The summed E-state index contributed by atoms with van der Waals surface area (Å²) in [7, 11) is 0. The molecule has 0 bridgehead atoms. The zero-order valence-electron chi connectivity index (χ0n) is 14.8. The number of benzene rings is 1. The van der Waals surface area contributed by atoms with Gasteiger partial charge in [-0.2, -0.15) is 0 Å². The molecule has 4 rings (SSSR count). The molecule has 6 nitrogen and oxygen atoms in total. The van der Waals surface area contributed by atoms with E-state index in [1.54, 1.807) is 12.3 Å². The molecule has 26 heavy (non-hydrogen) atoms. The Labute approximate surface area is 151 Å². The van der Waals surface area contributed by atoms with Crippen molar-refractivity contribution in [1.82, 2.24) is 19.4 Å². The molecule has 0 saturated carbocycles. The Balaban J connectivity index is 1.51. The van der Waals surface area contributed by atoms with Crippen LogP contribution in [-0.2, 0) is 11.3 Å². The number of aromatic amines is 1. The quantitative estimate of drug-likeness (QED) is 0.789. The average molecular weight is 350 g/mol. The summed E-state index contributed by atoms with van der Waals surface area (Å²) in [5.74, 6) is 1.50. The van der Waals surface area contributed by atoms with E-state index in [0.717, 1.165) is 43.0 Å². The fourth-order valence-electron chi connectivity index (χ4n) is 3.80. The number of aromatic nitrogens is 3. The molecule has 0 unspecified atom stereocenters. The summed E-state index contributed by atoms with van der Waals surface area (Å²) in [6.07, 6.45) is 5.46. The lowest BCUT2D eigenvalue weighted by Crippen LogP contribution is -2.40. The first kappa shape index (κ1) is 16.6. The van der Waals surface area contributed by atoms with Gasteiger partial charge < -0.3 is 14.5 Å². The molecule has 1 fully saturated rings. The molecule has 0 aliphatic carbocycles. The number of imidazole rings is 1. The first-order valence-corrected chi connectivity index (χ1v) is 8.99. The number of amides is 1. The Morgan fingerprint density at radius 1 is 1.27 bits per heavy atom. The number of piperidine rings is 1. The van der Waals surface area contributed by atoms with Gasteiger partial charge in [0, 0.05) is 48.5 Å². The first-order chi connectivity index (χ1) is 12.6. The number of carbonyl (C=O) groups excluding carboxylic acids is 1. The molecule has 3 heterocycles. The number of fused-ring (bicyclic) bond motifs is 1. The number of rotatable bonds is 3. The van der Waals surface area contributed by atoms with Crippen LogP contribution in [0, 0.1) is 6.92 Å². The highest BCUT2D eigenvalue weighted by atomic mass is 16.2. The molecule has 1 saturated heterocycles. The van der Waals surface area contributed by atoms with E-state index in [9.17, 15) is 9.59 Å². The van der Waals surface area contributed by atoms with Gasteiger partial charge in [-0.15, -0.1) is 0 Å². The second-order valence-corrected chi connectivity index (χ2v) is 6.88. The average Bonchev–Trinajstić information content (AvgIpc) is 3.20. The fourth-order valence-corrected chi connectivity index (χ4v) is 3.80. The monoisotopic (exact) mass is 350 g/mol. The third-order valence-corrected chi connectivity index (χ3v) is 5.27. The van der Waals surface area contributed by atoms with Crippen molar-refractivity contribution in [3.05, 3.63) is 64.5 Å². The SMILES string of the molecule is Cc1cc(=O)c2ccccc2n1CC(=O)N1CCC(c2ncc[nH]2)CC1. The maximum Gasteiger partial charge on any atom is 0.242 e. The smallest absolute Gasteiger partial charge is 0.242 e. The number of hydrogen-bond donors (Lipinski definition) is 1. The predicted octanol–water partition coefficient (Wildman–Crippen LogP) is 2.44. The first-order valence-electron chi connectivity index (χ1n) is 8.99. The molecule has 1 aromatic carbocycles. The minimum Gasteiger partial charge on any atom is -0.348 e. The topological polar surface area (TPSA) is 71.0 Å². The van der Waals surface area contributed by atoms with Crippen molar-refractivity contribution in [2.24, 2.45) is 0 Å². The third kappa shape index (κ3) is 3.03. The molecule has 0 atom stereocenters. The highest BCUT2D eigenvalue weighted by molar-refractivity contribution is 5.82. The zero-order chi connectivity index (χ0) is 18.1. The minimum atomic E-state index is 0.000983. The van der Waals surface area contributed by atoms with E-state index < -0.39 is 0 Å². The van der Waals surface area contributed by atoms with Crippen molar-refractivity contribution < 1.29 is 4.79 Å². The van der Waals surface area contributed by atoms with Crippen LogP contribution < -0.4 is 5.43 Å². The molecule has 3 aromatic rings. The Hall–Kier alpha value is -2.89. The van der Waals surface area contributed by atoms with E-state index >= 15 is 0 Å². The second kappa shape index (κ2) is 6.78. The molecule has 2 aromatic heterocycles. The van der Waals surface area contributed by atoms with Gasteiger partial charge in [-0.25, -0.2) is 4.98 Å². The molecule has 6 heteroatoms. The van der Waals surface area contributed by atoms with Crippen LogP contribution in [0.15, 0.2) is 47.5 Å². The molecule has 0 spiro atoms. The van der Waals surface area contributed by atoms with Gasteiger partial charge in [0.25, 0.3) is 0 Å². The third-order valence-electron chi connectivity index (χ3n) is 5.27. The highest BCUT2D eigenvalue weighted by Crippen LogP contribution is 2.25. The molecule has 1 aliphatic rings. The standard InChI is InChI=1S/C20H22N4O2/c1-14-12-18(25)16-4-2-3-5-17(16)24(14)13-19(26)23-10-6-15(7-11-23)20-21-8-9-22-20/h2-5,8-9,12,15H,6-7,10-11,13H2,1H3,(H,21,22). The van der Waals surface area contributed by atoms with Crippen LogP contribution in [0.1, 0.15) is 30.3 Å². The van der Waals surface area contributed by atoms with E-state index in [1.807, 2.05) is 46.9 Å². The summed E-state index contributed by atoms with van der Waals surface area (Å²) in [5.41, 5.74) is 1.63. The zero-order valence-corrected chi connectivity index (χ0v) is 14.8. The Bertz CT molecular complexity index is 983. The van der Waals surface area contributed by atoms with Crippen LogP contribution in [0.3, 0.4) is 0 Å². The number of nitrogens with zero attached hydrogens (tertiary/aromatic N) is 3. The summed E-state index contributed by atoms with van der Waals surface area (Å²) in [6, 6.07) is 9.08. The van der Waals surface area contributed by atoms with Crippen molar-refractivity contribution in [3.8, 4) is 0 Å². The van der Waals surface area contributed by atoms with Gasteiger partial charge in [0.05, 0.1) is 5.52 Å². The number of aryl methyl sites for hydroxylation is 1. The van der Waals surface area contributed by atoms with Crippen molar-refractivity contribution in [3.63, 3.8) is 0 Å². The summed E-state index contributed by atoms with van der Waals surface area (Å²) in [4.78, 5) is 34.5. The largest absolute Gasteiger partial charge is 0.348 e. The van der Waals surface area contributed by atoms with Crippen molar-refractivity contribution in [2.75, 3.05) is 13.1 Å². The van der Waals surface area contributed by atoms with E-state index in [0.29, 0.717) is 11.3 Å². The summed E-state index contributed by atoms with van der Waals surface area (Å²) < 4.78 is 1.94. The van der Waals surface area contributed by atoms with Gasteiger partial charge >= 0.3 is 0 Å². The van der Waals surface area contributed by atoms with Gasteiger partial charge in [0.1, 0.15) is 12.4 Å². The van der Waals surface area contributed by atoms with Gasteiger partial charge in [0.2, 0.25) is 5.91 Å². The van der Waals surface area contributed by atoms with Crippen LogP contribution in [-0.4, -0.2) is 38.4 Å². The molecule has 1 amide bonds. The van der Waals surface area contributed by atoms with Crippen LogP contribution in [0.4, 0.5) is 0 Å². The lowest BCUT2D eigenvalue weighted by atomic mass is 9.96. The Morgan fingerprint density at radius 3 is 2.77 bits per heavy atom. The number of pyridine rings is 1. The number of H-pyrrole nitrogens is 1. The number of carbonyl (C=O) groups is 1. The predicted molar refractivity (Wildman–Crippen MR) is 100 cm³/mol. The Morgan fingerprint density at radius 2 is 2.04 bits per heavy atom. The van der Waals surface area contributed by atoms with Crippen molar-refractivity contribution in [2.45, 2.75) is 32.2 Å². The number of nitrogens with one attached hydrogen (secondary N) is 1. The van der Waals surface area contributed by atoms with Gasteiger partial charge in [-0.3, -0.25) is 9.59 Å². The number of hydrogen-bond acceptors (Lipinski definition) is 3.